The van der Waals surface area contributed by atoms with Gasteiger partial charge in [0.15, 0.2) is 0 Å². The van der Waals surface area contributed by atoms with Crippen LogP contribution in [0.5, 0.6) is 5.75 Å². The predicted molar refractivity (Wildman–Crippen MR) is 98.2 cm³/mol. The molecular weight excluding hydrogens is 363 g/mol. The van der Waals surface area contributed by atoms with Gasteiger partial charge in [0.05, 0.1) is 12.8 Å². The van der Waals surface area contributed by atoms with Crippen LogP contribution in [-0.4, -0.2) is 18.9 Å². The summed E-state index contributed by atoms with van der Waals surface area (Å²) in [5.41, 5.74) is 1.86. The van der Waals surface area contributed by atoms with Crippen LogP contribution in [0.1, 0.15) is 5.56 Å². The number of hydrogen-bond donors (Lipinski definition) is 1. The molecule has 2 amide bonds. The van der Waals surface area contributed by atoms with E-state index in [2.05, 4.69) is 5.32 Å². The van der Waals surface area contributed by atoms with Crippen molar-refractivity contribution >= 4 is 46.4 Å². The summed E-state index contributed by atoms with van der Waals surface area (Å²) in [5, 5.41) is 3.26. The Morgan fingerprint density at radius 1 is 1.04 bits per heavy atom. The van der Waals surface area contributed by atoms with Gasteiger partial charge in [0.25, 0.3) is 11.8 Å². The molecule has 0 fully saturated rings. The fraction of sp³-hybridized carbons (Fsp3) is 0.111. The van der Waals surface area contributed by atoms with Crippen molar-refractivity contribution in [3.05, 3.63) is 63.8 Å². The molecule has 1 heterocycles. The van der Waals surface area contributed by atoms with E-state index in [1.807, 2.05) is 6.92 Å². The molecule has 1 N–H and O–H groups in total. The number of nitrogens with zero attached hydrogens (tertiary/aromatic N) is 1. The van der Waals surface area contributed by atoms with Gasteiger partial charge < -0.3 is 10.1 Å². The molecule has 3 rings (SSSR count). The second kappa shape index (κ2) is 6.78. The number of methoxy groups -OCH3 is 1. The van der Waals surface area contributed by atoms with Gasteiger partial charge in [-0.25, -0.2) is 4.90 Å². The number of hydrogen-bond acceptors (Lipinski definition) is 4. The van der Waals surface area contributed by atoms with Crippen LogP contribution < -0.4 is 15.0 Å². The van der Waals surface area contributed by atoms with Gasteiger partial charge in [-0.05, 0) is 36.8 Å². The summed E-state index contributed by atoms with van der Waals surface area (Å²) in [5.74, 6) is -0.610. The standard InChI is InChI=1S/C18H14Cl2N2O3/c1-10-6-7-11(8-14(10)19)21-16-15(20)17(23)22(18(16)24)12-4-3-5-13(9-12)25-2/h3-9,21H,1-2H3. The number of ether oxygens (including phenoxy) is 1. The first-order valence-corrected chi connectivity index (χ1v) is 8.13. The maximum absolute atomic E-state index is 12.7. The van der Waals surface area contributed by atoms with Crippen molar-refractivity contribution in [2.24, 2.45) is 0 Å². The van der Waals surface area contributed by atoms with E-state index in [0.717, 1.165) is 10.5 Å². The number of carbonyl (C=O) groups is 2. The Balaban J connectivity index is 1.92. The van der Waals surface area contributed by atoms with Crippen LogP contribution in [0.2, 0.25) is 5.02 Å². The molecule has 2 aromatic rings. The molecule has 1 aliphatic heterocycles. The molecule has 0 saturated carbocycles. The third kappa shape index (κ3) is 3.21. The van der Waals surface area contributed by atoms with Crippen molar-refractivity contribution < 1.29 is 14.3 Å². The summed E-state index contributed by atoms with van der Waals surface area (Å²) >= 11 is 12.2. The summed E-state index contributed by atoms with van der Waals surface area (Å²) in [6, 6.07) is 11.9. The van der Waals surface area contributed by atoms with E-state index < -0.39 is 11.8 Å². The third-order valence-electron chi connectivity index (χ3n) is 3.78. The topological polar surface area (TPSA) is 58.6 Å². The van der Waals surface area contributed by atoms with Crippen LogP contribution in [0.15, 0.2) is 53.2 Å². The fourth-order valence-corrected chi connectivity index (χ4v) is 2.80. The normalized spacial score (nSPS) is 14.3. The molecular formula is C18H14Cl2N2O3. The first-order chi connectivity index (χ1) is 11.9. The van der Waals surface area contributed by atoms with Gasteiger partial charge >= 0.3 is 0 Å². The van der Waals surface area contributed by atoms with Gasteiger partial charge in [-0.15, -0.1) is 0 Å². The highest BCUT2D eigenvalue weighted by Crippen LogP contribution is 2.32. The van der Waals surface area contributed by atoms with E-state index >= 15 is 0 Å². The zero-order valence-corrected chi connectivity index (χ0v) is 15.0. The van der Waals surface area contributed by atoms with Crippen molar-refractivity contribution in [1.82, 2.24) is 0 Å². The average molecular weight is 377 g/mol. The molecule has 0 spiro atoms. The number of rotatable bonds is 4. The van der Waals surface area contributed by atoms with E-state index in [9.17, 15) is 9.59 Å². The van der Waals surface area contributed by atoms with E-state index in [1.54, 1.807) is 42.5 Å². The average Bonchev–Trinajstić information content (AvgIpc) is 2.81. The Kier molecular flexibility index (Phi) is 4.70. The number of halogens is 2. The SMILES string of the molecule is COc1cccc(N2C(=O)C(Cl)=C(Nc3ccc(C)c(Cl)c3)C2=O)c1. The molecule has 1 aliphatic rings. The monoisotopic (exact) mass is 376 g/mol. The molecule has 0 aliphatic carbocycles. The highest BCUT2D eigenvalue weighted by atomic mass is 35.5. The molecule has 5 nitrogen and oxygen atoms in total. The zero-order chi connectivity index (χ0) is 18.1. The first-order valence-electron chi connectivity index (χ1n) is 7.38. The van der Waals surface area contributed by atoms with Gasteiger partial charge in [0.2, 0.25) is 0 Å². The summed E-state index contributed by atoms with van der Waals surface area (Å²) in [6.45, 7) is 1.87. The van der Waals surface area contributed by atoms with Crippen LogP contribution in [0.25, 0.3) is 0 Å². The smallest absolute Gasteiger partial charge is 0.283 e. The number of nitrogens with one attached hydrogen (secondary N) is 1. The van der Waals surface area contributed by atoms with Gasteiger partial charge in [-0.3, -0.25) is 9.59 Å². The minimum absolute atomic E-state index is 0.00871. The molecule has 0 bridgehead atoms. The first kappa shape index (κ1) is 17.3. The lowest BCUT2D eigenvalue weighted by molar-refractivity contribution is -0.120. The number of aryl methyl sites for hydroxylation is 1. The van der Waals surface area contributed by atoms with Crippen LogP contribution in [0.3, 0.4) is 0 Å². The molecule has 0 atom stereocenters. The second-order valence-electron chi connectivity index (χ2n) is 5.43. The van der Waals surface area contributed by atoms with Crippen molar-refractivity contribution in [2.45, 2.75) is 6.92 Å². The summed E-state index contributed by atoms with van der Waals surface area (Å²) in [7, 11) is 1.51. The third-order valence-corrected chi connectivity index (χ3v) is 4.54. The minimum atomic E-state index is -0.597. The molecule has 0 saturated heterocycles. The van der Waals surface area contributed by atoms with Crippen LogP contribution in [0.4, 0.5) is 11.4 Å². The number of imide groups is 1. The van der Waals surface area contributed by atoms with Crippen LogP contribution in [-0.2, 0) is 9.59 Å². The lowest BCUT2D eigenvalue weighted by Gasteiger charge is -2.16. The second-order valence-corrected chi connectivity index (χ2v) is 6.21. The minimum Gasteiger partial charge on any atom is -0.497 e. The van der Waals surface area contributed by atoms with Gasteiger partial charge in [-0.1, -0.05) is 35.3 Å². The molecule has 0 aromatic heterocycles. The van der Waals surface area contributed by atoms with E-state index in [1.165, 1.54) is 7.11 Å². The number of amides is 2. The lowest BCUT2D eigenvalue weighted by Crippen LogP contribution is -2.32. The van der Waals surface area contributed by atoms with Crippen LogP contribution >= 0.6 is 23.2 Å². The van der Waals surface area contributed by atoms with Gasteiger partial charge in [0.1, 0.15) is 16.5 Å². The van der Waals surface area contributed by atoms with E-state index in [0.29, 0.717) is 22.1 Å². The van der Waals surface area contributed by atoms with E-state index in [4.69, 9.17) is 27.9 Å². The Hall–Kier alpha value is -2.50. The van der Waals surface area contributed by atoms with Gasteiger partial charge in [-0.2, -0.15) is 0 Å². The van der Waals surface area contributed by atoms with Crippen molar-refractivity contribution in [3.8, 4) is 5.75 Å². The fourth-order valence-electron chi connectivity index (χ4n) is 2.41. The maximum Gasteiger partial charge on any atom is 0.283 e. The highest BCUT2D eigenvalue weighted by molar-refractivity contribution is 6.53. The van der Waals surface area contributed by atoms with Gasteiger partial charge in [0, 0.05) is 16.8 Å². The molecule has 0 radical (unpaired) electrons. The maximum atomic E-state index is 12.7. The zero-order valence-electron chi connectivity index (χ0n) is 13.5. The summed E-state index contributed by atoms with van der Waals surface area (Å²) < 4.78 is 5.13. The number of anilines is 2. The Bertz CT molecular complexity index is 909. The largest absolute Gasteiger partial charge is 0.497 e. The Labute approximate surface area is 154 Å². The predicted octanol–water partition coefficient (Wildman–Crippen LogP) is 4.09. The molecule has 2 aromatic carbocycles. The Morgan fingerprint density at radius 3 is 2.48 bits per heavy atom. The number of carbonyl (C=O) groups excluding carboxylic acids is 2. The van der Waals surface area contributed by atoms with Crippen molar-refractivity contribution in [3.63, 3.8) is 0 Å². The van der Waals surface area contributed by atoms with Crippen molar-refractivity contribution in [2.75, 3.05) is 17.3 Å². The highest BCUT2D eigenvalue weighted by Gasteiger charge is 2.39. The summed E-state index contributed by atoms with van der Waals surface area (Å²) in [4.78, 5) is 26.2. The summed E-state index contributed by atoms with van der Waals surface area (Å²) in [6.07, 6.45) is 0. The van der Waals surface area contributed by atoms with Crippen molar-refractivity contribution in [1.29, 1.82) is 0 Å². The number of benzene rings is 2. The molecule has 0 unspecified atom stereocenters. The molecule has 7 heteroatoms. The molecule has 25 heavy (non-hydrogen) atoms. The quantitative estimate of drug-likeness (QED) is 0.816. The van der Waals surface area contributed by atoms with E-state index in [-0.39, 0.29) is 10.7 Å². The Morgan fingerprint density at radius 2 is 1.80 bits per heavy atom. The molecule has 128 valence electrons. The van der Waals surface area contributed by atoms with Crippen LogP contribution in [0, 0.1) is 6.92 Å². The lowest BCUT2D eigenvalue weighted by atomic mass is 10.2.